The number of Topliss-reactive ketones (excluding diaryl/α,β-unsaturated/α-hetero) is 1. The van der Waals surface area contributed by atoms with Crippen LogP contribution < -0.4 is 5.32 Å². The fraction of sp³-hybridized carbons (Fsp3) is 0.875. The summed E-state index contributed by atoms with van der Waals surface area (Å²) in [7, 11) is 0. The molecule has 0 aromatic carbocycles. The van der Waals surface area contributed by atoms with Crippen molar-refractivity contribution in [2.45, 2.75) is 38.3 Å². The first-order valence-electron chi connectivity index (χ1n) is 4.14. The molecule has 0 unspecified atom stereocenters. The average molecular weight is 211 g/mol. The number of ether oxygens (including phenoxy) is 1. The van der Waals surface area contributed by atoms with E-state index in [1.807, 2.05) is 0 Å². The molecule has 6 heteroatoms. The molecule has 0 amide bonds. The SMILES string of the molecule is CC(=O)[C@]1(C(F)(F)F)CNC(C)(C)O1. The van der Waals surface area contributed by atoms with E-state index in [4.69, 9.17) is 4.74 Å². The van der Waals surface area contributed by atoms with Crippen molar-refractivity contribution in [2.24, 2.45) is 0 Å². The zero-order chi connectivity index (χ0) is 11.2. The van der Waals surface area contributed by atoms with Crippen LogP contribution in [0.1, 0.15) is 20.8 Å². The van der Waals surface area contributed by atoms with E-state index in [9.17, 15) is 18.0 Å². The number of ketones is 1. The number of carbonyl (C=O) groups excluding carboxylic acids is 1. The van der Waals surface area contributed by atoms with Crippen LogP contribution in [0.25, 0.3) is 0 Å². The highest BCUT2D eigenvalue weighted by atomic mass is 19.4. The van der Waals surface area contributed by atoms with Gasteiger partial charge in [0.15, 0.2) is 5.78 Å². The number of alkyl halides is 3. The van der Waals surface area contributed by atoms with Gasteiger partial charge in [-0.1, -0.05) is 0 Å². The number of halogens is 3. The highest BCUT2D eigenvalue weighted by Gasteiger charge is 2.65. The molecule has 0 spiro atoms. The monoisotopic (exact) mass is 211 g/mol. The van der Waals surface area contributed by atoms with Crippen molar-refractivity contribution in [3.8, 4) is 0 Å². The molecule has 82 valence electrons. The molecule has 1 aliphatic rings. The van der Waals surface area contributed by atoms with Gasteiger partial charge < -0.3 is 4.74 Å². The lowest BCUT2D eigenvalue weighted by Gasteiger charge is -2.29. The second-order valence-electron chi connectivity index (χ2n) is 3.85. The fourth-order valence-corrected chi connectivity index (χ4v) is 1.40. The molecular weight excluding hydrogens is 199 g/mol. The van der Waals surface area contributed by atoms with Crippen LogP contribution in [-0.2, 0) is 9.53 Å². The molecule has 3 nitrogen and oxygen atoms in total. The van der Waals surface area contributed by atoms with Crippen LogP contribution in [0.15, 0.2) is 0 Å². The van der Waals surface area contributed by atoms with Gasteiger partial charge in [-0.25, -0.2) is 0 Å². The van der Waals surface area contributed by atoms with Crippen LogP contribution in [0.4, 0.5) is 13.2 Å². The summed E-state index contributed by atoms with van der Waals surface area (Å²) < 4.78 is 42.6. The summed E-state index contributed by atoms with van der Waals surface area (Å²) in [6.45, 7) is 3.25. The second kappa shape index (κ2) is 2.93. The minimum atomic E-state index is -4.68. The summed E-state index contributed by atoms with van der Waals surface area (Å²) in [4.78, 5) is 11.0. The van der Waals surface area contributed by atoms with Crippen molar-refractivity contribution in [3.05, 3.63) is 0 Å². The average Bonchev–Trinajstić information content (AvgIpc) is 2.25. The van der Waals surface area contributed by atoms with Gasteiger partial charge in [0, 0.05) is 6.54 Å². The number of hydrogen-bond acceptors (Lipinski definition) is 3. The number of carbonyl (C=O) groups is 1. The van der Waals surface area contributed by atoms with Crippen LogP contribution >= 0.6 is 0 Å². The maximum absolute atomic E-state index is 12.6. The number of nitrogens with one attached hydrogen (secondary N) is 1. The van der Waals surface area contributed by atoms with Gasteiger partial charge in [-0.2, -0.15) is 13.2 Å². The quantitative estimate of drug-likeness (QED) is 0.709. The van der Waals surface area contributed by atoms with Crippen molar-refractivity contribution in [1.29, 1.82) is 0 Å². The molecule has 1 atom stereocenters. The zero-order valence-electron chi connectivity index (χ0n) is 8.16. The topological polar surface area (TPSA) is 38.3 Å². The van der Waals surface area contributed by atoms with E-state index in [1.54, 1.807) is 0 Å². The Bertz CT molecular complexity index is 262. The van der Waals surface area contributed by atoms with Gasteiger partial charge in [0.2, 0.25) is 5.60 Å². The molecule has 0 aliphatic carbocycles. The Morgan fingerprint density at radius 1 is 1.43 bits per heavy atom. The molecule has 1 N–H and O–H groups in total. The van der Waals surface area contributed by atoms with Gasteiger partial charge in [0.25, 0.3) is 0 Å². The Morgan fingerprint density at radius 3 is 2.07 bits per heavy atom. The van der Waals surface area contributed by atoms with Crippen LogP contribution in [0.2, 0.25) is 0 Å². The minimum Gasteiger partial charge on any atom is -0.337 e. The van der Waals surface area contributed by atoms with Crippen molar-refractivity contribution in [2.75, 3.05) is 6.54 Å². The van der Waals surface area contributed by atoms with Crippen molar-refractivity contribution >= 4 is 5.78 Å². The molecule has 1 fully saturated rings. The predicted molar refractivity (Wildman–Crippen MR) is 42.6 cm³/mol. The Balaban J connectivity index is 3.05. The van der Waals surface area contributed by atoms with Gasteiger partial charge in [-0.3, -0.25) is 10.1 Å². The Labute approximate surface area is 79.6 Å². The molecule has 0 aromatic heterocycles. The van der Waals surface area contributed by atoms with Crippen molar-refractivity contribution in [1.82, 2.24) is 5.32 Å². The molecule has 0 aromatic rings. The third-order valence-corrected chi connectivity index (χ3v) is 2.22. The maximum Gasteiger partial charge on any atom is 0.425 e. The largest absolute Gasteiger partial charge is 0.425 e. The lowest BCUT2D eigenvalue weighted by molar-refractivity contribution is -0.265. The van der Waals surface area contributed by atoms with Crippen LogP contribution in [0.5, 0.6) is 0 Å². The Kier molecular flexibility index (Phi) is 2.40. The first-order valence-corrected chi connectivity index (χ1v) is 4.14. The van der Waals surface area contributed by atoms with E-state index in [1.165, 1.54) is 13.8 Å². The third kappa shape index (κ3) is 1.64. The predicted octanol–water partition coefficient (Wildman–Crippen LogP) is 1.23. The number of rotatable bonds is 1. The van der Waals surface area contributed by atoms with Gasteiger partial charge in [-0.05, 0) is 20.8 Å². The molecule has 1 aliphatic heterocycles. The molecule has 14 heavy (non-hydrogen) atoms. The lowest BCUT2D eigenvalue weighted by Crippen LogP contribution is -2.54. The highest BCUT2D eigenvalue weighted by molar-refractivity contribution is 5.86. The first kappa shape index (κ1) is 11.5. The second-order valence-corrected chi connectivity index (χ2v) is 3.85. The summed E-state index contributed by atoms with van der Waals surface area (Å²) in [5.41, 5.74) is -3.81. The Hall–Kier alpha value is -0.620. The van der Waals surface area contributed by atoms with Gasteiger partial charge in [0.05, 0.1) is 0 Å². The van der Waals surface area contributed by atoms with E-state index >= 15 is 0 Å². The molecule has 1 saturated heterocycles. The number of hydrogen-bond donors (Lipinski definition) is 1. The Morgan fingerprint density at radius 2 is 1.93 bits per heavy atom. The van der Waals surface area contributed by atoms with Crippen LogP contribution in [0, 0.1) is 0 Å². The van der Waals surface area contributed by atoms with E-state index in [0.29, 0.717) is 0 Å². The van der Waals surface area contributed by atoms with Crippen LogP contribution in [0.3, 0.4) is 0 Å². The van der Waals surface area contributed by atoms with Gasteiger partial charge >= 0.3 is 6.18 Å². The van der Waals surface area contributed by atoms with E-state index in [-0.39, 0.29) is 0 Å². The smallest absolute Gasteiger partial charge is 0.337 e. The summed E-state index contributed by atoms with van der Waals surface area (Å²) in [6.07, 6.45) is -4.68. The van der Waals surface area contributed by atoms with E-state index in [0.717, 1.165) is 6.92 Å². The maximum atomic E-state index is 12.6. The zero-order valence-corrected chi connectivity index (χ0v) is 8.16. The van der Waals surface area contributed by atoms with E-state index < -0.39 is 29.8 Å². The summed E-state index contributed by atoms with van der Waals surface area (Å²) in [5, 5.41) is 2.51. The summed E-state index contributed by atoms with van der Waals surface area (Å²) in [6, 6.07) is 0. The first-order chi connectivity index (χ1) is 6.11. The standard InChI is InChI=1S/C8H12F3NO2/c1-5(13)7(8(9,10)11)4-12-6(2,3)14-7/h12H,4H2,1-3H3/t7-/m0/s1. The third-order valence-electron chi connectivity index (χ3n) is 2.22. The molecule has 1 rings (SSSR count). The summed E-state index contributed by atoms with van der Waals surface area (Å²) in [5.74, 6) is -1.02. The lowest BCUT2D eigenvalue weighted by atomic mass is 9.99. The van der Waals surface area contributed by atoms with Crippen molar-refractivity contribution in [3.63, 3.8) is 0 Å². The molecular formula is C8H12F3NO2. The molecule has 0 radical (unpaired) electrons. The normalized spacial score (nSPS) is 31.9. The van der Waals surface area contributed by atoms with Crippen LogP contribution in [-0.4, -0.2) is 29.8 Å². The minimum absolute atomic E-state index is 0.529. The molecule has 0 saturated carbocycles. The fourth-order valence-electron chi connectivity index (χ4n) is 1.40. The molecule has 1 heterocycles. The van der Waals surface area contributed by atoms with E-state index in [2.05, 4.69) is 5.32 Å². The van der Waals surface area contributed by atoms with Gasteiger partial charge in [-0.15, -0.1) is 0 Å². The van der Waals surface area contributed by atoms with Crippen molar-refractivity contribution < 1.29 is 22.7 Å². The highest BCUT2D eigenvalue weighted by Crippen LogP contribution is 2.40. The summed E-state index contributed by atoms with van der Waals surface area (Å²) >= 11 is 0. The van der Waals surface area contributed by atoms with Gasteiger partial charge in [0.1, 0.15) is 5.72 Å². The molecule has 0 bridgehead atoms.